The molecule has 0 radical (unpaired) electrons. The van der Waals surface area contributed by atoms with E-state index in [9.17, 15) is 9.09 Å². The van der Waals surface area contributed by atoms with Gasteiger partial charge in [-0.15, -0.1) is 0 Å². The summed E-state index contributed by atoms with van der Waals surface area (Å²) in [6.07, 6.45) is 3.15. The van der Waals surface area contributed by atoms with Gasteiger partial charge in [-0.05, 0) is 17.4 Å². The Balaban J connectivity index is 3.74. The van der Waals surface area contributed by atoms with E-state index in [1.54, 1.807) is 0 Å². The zero-order valence-corrected chi connectivity index (χ0v) is 9.60. The topological polar surface area (TPSA) is 44.8 Å². The average Bonchev–Trinajstić information content (AvgIpc) is 2.19. The Bertz CT molecular complexity index is 163. The van der Waals surface area contributed by atoms with Gasteiger partial charge in [0.2, 0.25) is 0 Å². The van der Waals surface area contributed by atoms with Gasteiger partial charge >= 0.3 is 7.82 Å². The predicted molar refractivity (Wildman–Crippen MR) is 51.5 cm³/mol. The van der Waals surface area contributed by atoms with E-state index in [4.69, 9.17) is 9.05 Å². The molecule has 4 nitrogen and oxygen atoms in total. The van der Waals surface area contributed by atoms with Gasteiger partial charge in [-0.25, -0.2) is 4.57 Å². The van der Waals surface area contributed by atoms with Gasteiger partial charge in [0.15, 0.2) is 0 Å². The van der Waals surface area contributed by atoms with Gasteiger partial charge in [-0.2, -0.15) is 0 Å². The van der Waals surface area contributed by atoms with Crippen molar-refractivity contribution in [2.45, 2.75) is 39.5 Å². The number of unbranched alkanes of at least 4 members (excludes halogenated alkanes) is 2. The number of hydrogen-bond donors (Lipinski definition) is 0. The molecule has 0 aliphatic rings. The van der Waals surface area contributed by atoms with Crippen molar-refractivity contribution in [2.24, 2.45) is 0 Å². The van der Waals surface area contributed by atoms with Crippen LogP contribution >= 0.6 is 7.82 Å². The first-order chi connectivity index (χ1) is 6.68. The van der Waals surface area contributed by atoms with Gasteiger partial charge < -0.3 is 0 Å². The van der Waals surface area contributed by atoms with Crippen LogP contribution in [0.15, 0.2) is 0 Å². The molecule has 6 heteroatoms. The fraction of sp³-hybridized carbons (Fsp3) is 1.00. The summed E-state index contributed by atoms with van der Waals surface area (Å²) >= 11 is 0. The fourth-order valence-corrected chi connectivity index (χ4v) is 1.58. The van der Waals surface area contributed by atoms with E-state index in [2.05, 4.69) is 4.73 Å². The molecule has 0 aliphatic carbocycles. The predicted octanol–water partition coefficient (Wildman–Crippen LogP) is 3.63. The molecule has 14 heavy (non-hydrogen) atoms. The maximum absolute atomic E-state index is 11.9. The molecule has 0 aromatic rings. The first kappa shape index (κ1) is 14.0. The Morgan fingerprint density at radius 3 is 1.79 bits per heavy atom. The average molecular weight is 228 g/mol. The second-order valence-electron chi connectivity index (χ2n) is 2.89. The van der Waals surface area contributed by atoms with Crippen LogP contribution in [0.25, 0.3) is 0 Å². The van der Waals surface area contributed by atoms with Crippen LogP contribution in [-0.4, -0.2) is 13.2 Å². The first-order valence-electron chi connectivity index (χ1n) is 4.88. The highest BCUT2D eigenvalue weighted by molar-refractivity contribution is 7.48. The summed E-state index contributed by atoms with van der Waals surface area (Å²) in [5.74, 6) is 0. The number of hydrogen-bond acceptors (Lipinski definition) is 4. The highest BCUT2D eigenvalue weighted by atomic mass is 31.2. The molecule has 0 aromatic carbocycles. The van der Waals surface area contributed by atoms with Crippen LogP contribution in [0.4, 0.5) is 4.53 Å². The van der Waals surface area contributed by atoms with Crippen LogP contribution in [0.3, 0.4) is 0 Å². The Labute approximate surface area is 84.3 Å². The van der Waals surface area contributed by atoms with Crippen molar-refractivity contribution in [3.8, 4) is 0 Å². The number of rotatable bonds is 9. The SMILES string of the molecule is CCCCOP(=O)(OF)OCCCC. The van der Waals surface area contributed by atoms with Crippen molar-refractivity contribution in [1.29, 1.82) is 0 Å². The summed E-state index contributed by atoms with van der Waals surface area (Å²) in [5.41, 5.74) is 0. The molecule has 0 heterocycles. The van der Waals surface area contributed by atoms with Crippen molar-refractivity contribution in [3.63, 3.8) is 0 Å². The third kappa shape index (κ3) is 6.49. The first-order valence-corrected chi connectivity index (χ1v) is 6.34. The van der Waals surface area contributed by atoms with E-state index in [0.717, 1.165) is 12.8 Å². The van der Waals surface area contributed by atoms with Gasteiger partial charge in [0.05, 0.1) is 13.2 Å². The van der Waals surface area contributed by atoms with Crippen molar-refractivity contribution in [1.82, 2.24) is 0 Å². The molecule has 0 rings (SSSR count). The number of phosphoric acid groups is 1. The Kier molecular flexibility index (Phi) is 8.38. The molecule has 0 saturated heterocycles. The minimum Gasteiger partial charge on any atom is -0.285 e. The smallest absolute Gasteiger partial charge is 0.285 e. The third-order valence-corrected chi connectivity index (χ3v) is 2.75. The second kappa shape index (κ2) is 8.36. The molecular formula is C8H18FO4P. The molecular weight excluding hydrogens is 210 g/mol. The minimum atomic E-state index is -3.93. The highest BCUT2D eigenvalue weighted by Crippen LogP contribution is 2.49. The molecule has 0 aliphatic heterocycles. The molecule has 0 aromatic heterocycles. The molecule has 0 fully saturated rings. The van der Waals surface area contributed by atoms with E-state index < -0.39 is 7.82 Å². The number of phosphoric ester groups is 1. The molecule has 0 N–H and O–H groups in total. The van der Waals surface area contributed by atoms with E-state index in [1.807, 2.05) is 13.8 Å². The van der Waals surface area contributed by atoms with Gasteiger partial charge in [-0.3, -0.25) is 9.05 Å². The largest absolute Gasteiger partial charge is 0.506 e. The van der Waals surface area contributed by atoms with Crippen molar-refractivity contribution >= 4 is 7.82 Å². The van der Waals surface area contributed by atoms with Gasteiger partial charge in [0.1, 0.15) is 0 Å². The zero-order chi connectivity index (χ0) is 10.9. The van der Waals surface area contributed by atoms with E-state index in [1.165, 1.54) is 0 Å². The summed E-state index contributed by atoms with van der Waals surface area (Å²) < 4.78 is 35.8. The van der Waals surface area contributed by atoms with Crippen molar-refractivity contribution < 1.29 is 22.9 Å². The van der Waals surface area contributed by atoms with Crippen LogP contribution < -0.4 is 0 Å². The maximum atomic E-state index is 11.9. The molecule has 0 atom stereocenters. The highest BCUT2D eigenvalue weighted by Gasteiger charge is 2.27. The lowest BCUT2D eigenvalue weighted by Gasteiger charge is -2.12. The summed E-state index contributed by atoms with van der Waals surface area (Å²) in [6.45, 7) is 4.26. The van der Waals surface area contributed by atoms with Gasteiger partial charge in [0, 0.05) is 0 Å². The number of halogens is 1. The third-order valence-electron chi connectivity index (χ3n) is 1.58. The summed E-state index contributed by atoms with van der Waals surface area (Å²) in [5, 5.41) is 0. The lowest BCUT2D eigenvalue weighted by atomic mass is 10.4. The van der Waals surface area contributed by atoms with E-state index in [0.29, 0.717) is 12.8 Å². The summed E-state index contributed by atoms with van der Waals surface area (Å²) in [6, 6.07) is 0. The van der Waals surface area contributed by atoms with E-state index >= 15 is 0 Å². The molecule has 0 unspecified atom stereocenters. The Morgan fingerprint density at radius 2 is 1.50 bits per heavy atom. The fourth-order valence-electron chi connectivity index (χ4n) is 0.718. The maximum Gasteiger partial charge on any atom is 0.506 e. The van der Waals surface area contributed by atoms with Gasteiger partial charge in [0.25, 0.3) is 0 Å². The van der Waals surface area contributed by atoms with Crippen LogP contribution in [0.2, 0.25) is 0 Å². The quantitative estimate of drug-likeness (QED) is 0.446. The lowest BCUT2D eigenvalue weighted by molar-refractivity contribution is -0.0572. The Morgan fingerprint density at radius 1 is 1.07 bits per heavy atom. The summed E-state index contributed by atoms with van der Waals surface area (Å²) in [7, 11) is -3.93. The molecule has 0 saturated carbocycles. The lowest BCUT2D eigenvalue weighted by Crippen LogP contribution is -1.99. The Hall–Kier alpha value is 0.0400. The normalized spacial score (nSPS) is 11.9. The molecule has 86 valence electrons. The minimum absolute atomic E-state index is 0.184. The molecule has 0 spiro atoms. The van der Waals surface area contributed by atoms with Crippen LogP contribution in [0, 0.1) is 0 Å². The second-order valence-corrected chi connectivity index (χ2v) is 4.44. The zero-order valence-electron chi connectivity index (χ0n) is 8.70. The summed E-state index contributed by atoms with van der Waals surface area (Å²) in [4.78, 5) is 0. The van der Waals surface area contributed by atoms with Gasteiger partial charge in [-0.1, -0.05) is 31.4 Å². The van der Waals surface area contributed by atoms with Crippen molar-refractivity contribution in [2.75, 3.05) is 13.2 Å². The van der Waals surface area contributed by atoms with Crippen molar-refractivity contribution in [3.05, 3.63) is 0 Å². The molecule has 0 bridgehead atoms. The molecule has 0 amide bonds. The monoisotopic (exact) mass is 228 g/mol. The van der Waals surface area contributed by atoms with E-state index in [-0.39, 0.29) is 13.2 Å². The van der Waals surface area contributed by atoms with Crippen LogP contribution in [-0.2, 0) is 18.3 Å². The van der Waals surface area contributed by atoms with Crippen LogP contribution in [0.5, 0.6) is 0 Å². The standard InChI is InChI=1S/C8H18FO4P/c1-3-5-7-11-14(10,13-9)12-8-6-4-2/h3-8H2,1-2H3. The van der Waals surface area contributed by atoms with Crippen LogP contribution in [0.1, 0.15) is 39.5 Å².